The van der Waals surface area contributed by atoms with E-state index in [2.05, 4.69) is 15.9 Å². The number of benzene rings is 2. The van der Waals surface area contributed by atoms with Gasteiger partial charge < -0.3 is 5.11 Å². The number of halogens is 2. The lowest BCUT2D eigenvalue weighted by Gasteiger charge is -2.06. The van der Waals surface area contributed by atoms with Crippen molar-refractivity contribution in [2.24, 2.45) is 0 Å². The molecule has 0 aliphatic carbocycles. The fraction of sp³-hybridized carbons (Fsp3) is 0.0714. The normalized spacial score (nSPS) is 10.4. The highest BCUT2D eigenvalue weighted by molar-refractivity contribution is 9.10. The van der Waals surface area contributed by atoms with Crippen molar-refractivity contribution in [1.29, 1.82) is 0 Å². The number of carboxylic acids is 1. The van der Waals surface area contributed by atoms with Gasteiger partial charge in [-0.15, -0.1) is 11.8 Å². The maximum atomic E-state index is 13.6. The first-order chi connectivity index (χ1) is 9.08. The molecule has 1 N–H and O–H groups in total. The lowest BCUT2D eigenvalue weighted by molar-refractivity contribution is 0.0696. The van der Waals surface area contributed by atoms with Gasteiger partial charge >= 0.3 is 5.97 Å². The van der Waals surface area contributed by atoms with Crippen LogP contribution in [0.1, 0.15) is 15.9 Å². The molecule has 0 unspecified atom stereocenters. The molecule has 0 radical (unpaired) electrons. The molecule has 0 heterocycles. The van der Waals surface area contributed by atoms with E-state index in [0.29, 0.717) is 10.6 Å². The number of thioether (sulfide) groups is 1. The van der Waals surface area contributed by atoms with Crippen molar-refractivity contribution in [3.8, 4) is 0 Å². The van der Waals surface area contributed by atoms with Gasteiger partial charge in [-0.25, -0.2) is 9.18 Å². The predicted molar refractivity (Wildman–Crippen MR) is 77.1 cm³/mol. The van der Waals surface area contributed by atoms with Crippen molar-refractivity contribution in [2.75, 3.05) is 0 Å². The third-order valence-corrected chi connectivity index (χ3v) is 4.37. The van der Waals surface area contributed by atoms with E-state index in [1.54, 1.807) is 0 Å². The number of aromatic carboxylic acids is 1. The van der Waals surface area contributed by atoms with E-state index in [4.69, 9.17) is 5.11 Å². The highest BCUT2D eigenvalue weighted by Crippen LogP contribution is 2.29. The Labute approximate surface area is 122 Å². The number of hydrogen-bond donors (Lipinski definition) is 1. The summed E-state index contributed by atoms with van der Waals surface area (Å²) < 4.78 is 14.6. The van der Waals surface area contributed by atoms with Gasteiger partial charge in [0.2, 0.25) is 0 Å². The molecule has 2 aromatic carbocycles. The first-order valence-electron chi connectivity index (χ1n) is 5.47. The van der Waals surface area contributed by atoms with Gasteiger partial charge in [-0.2, -0.15) is 0 Å². The van der Waals surface area contributed by atoms with Crippen LogP contribution >= 0.6 is 27.7 Å². The van der Waals surface area contributed by atoms with Crippen molar-refractivity contribution < 1.29 is 14.3 Å². The predicted octanol–water partition coefficient (Wildman–Crippen LogP) is 4.58. The van der Waals surface area contributed by atoms with E-state index in [1.165, 1.54) is 30.0 Å². The molecule has 0 fully saturated rings. The van der Waals surface area contributed by atoms with E-state index in [0.717, 1.165) is 10.0 Å². The number of rotatable bonds is 4. The topological polar surface area (TPSA) is 37.3 Å². The molecule has 0 spiro atoms. The first-order valence-corrected chi connectivity index (χ1v) is 7.25. The van der Waals surface area contributed by atoms with Crippen LogP contribution in [0.25, 0.3) is 0 Å². The van der Waals surface area contributed by atoms with Crippen LogP contribution in [0.3, 0.4) is 0 Å². The molecule has 2 rings (SSSR count). The molecule has 5 heteroatoms. The van der Waals surface area contributed by atoms with Gasteiger partial charge in [0.25, 0.3) is 0 Å². The van der Waals surface area contributed by atoms with Crippen molar-refractivity contribution in [3.63, 3.8) is 0 Å². The maximum Gasteiger partial charge on any atom is 0.335 e. The van der Waals surface area contributed by atoms with E-state index in [1.807, 2.05) is 24.3 Å². The fourth-order valence-corrected chi connectivity index (χ4v) is 3.11. The number of carboxylic acid groups (broad SMARTS) is 1. The summed E-state index contributed by atoms with van der Waals surface area (Å²) in [4.78, 5) is 11.2. The first kappa shape index (κ1) is 14.1. The average Bonchev–Trinajstić information content (AvgIpc) is 2.39. The number of hydrogen-bond acceptors (Lipinski definition) is 2. The Kier molecular flexibility index (Phi) is 4.61. The lowest BCUT2D eigenvalue weighted by Crippen LogP contribution is -1.97. The molecule has 0 aliphatic heterocycles. The summed E-state index contributed by atoms with van der Waals surface area (Å²) in [6.07, 6.45) is 0. The largest absolute Gasteiger partial charge is 0.478 e. The van der Waals surface area contributed by atoms with Crippen molar-refractivity contribution in [1.82, 2.24) is 0 Å². The standard InChI is InChI=1S/C14H10BrFO2S/c15-11-4-2-1-3-10(11)8-19-13-7-9(14(17)18)5-6-12(13)16/h1-7H,8H2,(H,17,18). The van der Waals surface area contributed by atoms with Crippen LogP contribution in [0.5, 0.6) is 0 Å². The quantitative estimate of drug-likeness (QED) is 0.827. The van der Waals surface area contributed by atoms with Crippen LogP contribution in [0.2, 0.25) is 0 Å². The fourth-order valence-electron chi connectivity index (χ4n) is 1.52. The third kappa shape index (κ3) is 3.58. The van der Waals surface area contributed by atoms with Gasteiger partial charge in [0.1, 0.15) is 5.82 Å². The molecule has 2 aromatic rings. The Hall–Kier alpha value is -1.33. The summed E-state index contributed by atoms with van der Waals surface area (Å²) >= 11 is 4.70. The molecule has 0 saturated heterocycles. The van der Waals surface area contributed by atoms with Gasteiger partial charge in [0, 0.05) is 15.1 Å². The summed E-state index contributed by atoms with van der Waals surface area (Å²) in [7, 11) is 0. The van der Waals surface area contributed by atoms with Crippen molar-refractivity contribution >= 4 is 33.7 Å². The van der Waals surface area contributed by atoms with Gasteiger partial charge in [0.15, 0.2) is 0 Å². The summed E-state index contributed by atoms with van der Waals surface area (Å²) in [5.41, 5.74) is 1.13. The summed E-state index contributed by atoms with van der Waals surface area (Å²) in [5, 5.41) is 8.89. The minimum Gasteiger partial charge on any atom is -0.478 e. The summed E-state index contributed by atoms with van der Waals surface area (Å²) in [6.45, 7) is 0. The SMILES string of the molecule is O=C(O)c1ccc(F)c(SCc2ccccc2Br)c1. The second-order valence-electron chi connectivity index (χ2n) is 3.83. The maximum absolute atomic E-state index is 13.6. The van der Waals surface area contributed by atoms with E-state index in [9.17, 15) is 9.18 Å². The van der Waals surface area contributed by atoms with Gasteiger partial charge in [-0.05, 0) is 29.8 Å². The van der Waals surface area contributed by atoms with Gasteiger partial charge in [0.05, 0.1) is 5.56 Å². The summed E-state index contributed by atoms with van der Waals surface area (Å²) in [5.74, 6) is -0.883. The van der Waals surface area contributed by atoms with Crippen molar-refractivity contribution in [2.45, 2.75) is 10.6 Å². The monoisotopic (exact) mass is 340 g/mol. The minimum atomic E-state index is -1.05. The van der Waals surface area contributed by atoms with Crippen LogP contribution < -0.4 is 0 Å². The smallest absolute Gasteiger partial charge is 0.335 e. The zero-order valence-electron chi connectivity index (χ0n) is 9.77. The zero-order chi connectivity index (χ0) is 13.8. The molecule has 0 atom stereocenters. The molecule has 0 bridgehead atoms. The molecule has 0 amide bonds. The van der Waals surface area contributed by atoms with E-state index >= 15 is 0 Å². The molecular weight excluding hydrogens is 331 g/mol. The molecule has 0 aliphatic rings. The van der Waals surface area contributed by atoms with Gasteiger partial charge in [-0.3, -0.25) is 0 Å². The number of carbonyl (C=O) groups is 1. The van der Waals surface area contributed by atoms with E-state index in [-0.39, 0.29) is 5.56 Å². The molecule has 0 saturated carbocycles. The van der Waals surface area contributed by atoms with E-state index < -0.39 is 11.8 Å². The molecular formula is C14H10BrFO2S. The summed E-state index contributed by atoms with van der Waals surface area (Å²) in [6, 6.07) is 11.5. The average molecular weight is 341 g/mol. The lowest BCUT2D eigenvalue weighted by atomic mass is 10.2. The van der Waals surface area contributed by atoms with Crippen LogP contribution in [0.4, 0.5) is 4.39 Å². The molecule has 0 aromatic heterocycles. The zero-order valence-corrected chi connectivity index (χ0v) is 12.2. The highest BCUT2D eigenvalue weighted by atomic mass is 79.9. The molecule has 2 nitrogen and oxygen atoms in total. The van der Waals surface area contributed by atoms with Crippen LogP contribution in [0.15, 0.2) is 51.8 Å². The van der Waals surface area contributed by atoms with Crippen molar-refractivity contribution in [3.05, 3.63) is 63.9 Å². The molecule has 19 heavy (non-hydrogen) atoms. The third-order valence-electron chi connectivity index (χ3n) is 2.52. The second-order valence-corrected chi connectivity index (χ2v) is 5.70. The Bertz CT molecular complexity index is 616. The van der Waals surface area contributed by atoms with Crippen LogP contribution in [-0.2, 0) is 5.75 Å². The second kappa shape index (κ2) is 6.21. The van der Waals surface area contributed by atoms with Crippen LogP contribution in [-0.4, -0.2) is 11.1 Å². The van der Waals surface area contributed by atoms with Crippen LogP contribution in [0, 0.1) is 5.82 Å². The minimum absolute atomic E-state index is 0.0935. The molecule has 98 valence electrons. The van der Waals surface area contributed by atoms with Gasteiger partial charge in [-0.1, -0.05) is 34.1 Å². The Morgan fingerprint density at radius 2 is 2.00 bits per heavy atom. The highest BCUT2D eigenvalue weighted by Gasteiger charge is 2.09. The Morgan fingerprint density at radius 3 is 2.68 bits per heavy atom. The Balaban J connectivity index is 2.17. The Morgan fingerprint density at radius 1 is 1.26 bits per heavy atom.